The highest BCUT2D eigenvalue weighted by molar-refractivity contribution is 5.60. The number of nitrogens with zero attached hydrogens (tertiary/aromatic N) is 2. The van der Waals surface area contributed by atoms with Gasteiger partial charge in [0.2, 0.25) is 0 Å². The molecule has 2 heterocycles. The van der Waals surface area contributed by atoms with E-state index in [2.05, 4.69) is 47.3 Å². The number of benzene rings is 1. The Morgan fingerprint density at radius 2 is 2.00 bits per heavy atom. The predicted molar refractivity (Wildman–Crippen MR) is 76.8 cm³/mol. The summed E-state index contributed by atoms with van der Waals surface area (Å²) >= 11 is 0. The predicted octanol–water partition coefficient (Wildman–Crippen LogP) is 1.99. The molecule has 1 aliphatic heterocycles. The number of hydrogen-bond donors (Lipinski definition) is 2. The van der Waals surface area contributed by atoms with Crippen molar-refractivity contribution in [1.29, 1.82) is 0 Å². The molecule has 0 fully saturated rings. The molecule has 2 aromatic rings. The van der Waals surface area contributed by atoms with Crippen molar-refractivity contribution in [2.75, 3.05) is 12.3 Å². The van der Waals surface area contributed by atoms with Gasteiger partial charge >= 0.3 is 0 Å². The molecule has 98 valence electrons. The van der Waals surface area contributed by atoms with Crippen molar-refractivity contribution in [2.45, 2.75) is 26.8 Å². The molecular weight excluding hydrogens is 236 g/mol. The zero-order valence-corrected chi connectivity index (χ0v) is 11.3. The summed E-state index contributed by atoms with van der Waals surface area (Å²) in [4.78, 5) is 9.14. The van der Waals surface area contributed by atoms with E-state index in [0.29, 0.717) is 5.82 Å². The summed E-state index contributed by atoms with van der Waals surface area (Å²) in [6.45, 7) is 5.93. The quantitative estimate of drug-likeness (QED) is 0.817. The van der Waals surface area contributed by atoms with Crippen molar-refractivity contribution in [3.63, 3.8) is 0 Å². The van der Waals surface area contributed by atoms with Crippen LogP contribution in [0.3, 0.4) is 0 Å². The van der Waals surface area contributed by atoms with Crippen LogP contribution in [0.1, 0.15) is 22.4 Å². The van der Waals surface area contributed by atoms with E-state index in [1.165, 1.54) is 11.1 Å². The number of fused-ring (bicyclic) bond motifs is 1. The maximum atomic E-state index is 6.06. The molecule has 0 unspecified atom stereocenters. The van der Waals surface area contributed by atoms with Crippen molar-refractivity contribution in [3.05, 3.63) is 40.6 Å². The van der Waals surface area contributed by atoms with Gasteiger partial charge in [0.25, 0.3) is 0 Å². The van der Waals surface area contributed by atoms with E-state index in [4.69, 9.17) is 5.73 Å². The fraction of sp³-hybridized carbons (Fsp3) is 0.333. The van der Waals surface area contributed by atoms with Crippen LogP contribution in [0.4, 0.5) is 5.82 Å². The van der Waals surface area contributed by atoms with Gasteiger partial charge in [-0.05, 0) is 31.0 Å². The minimum Gasteiger partial charge on any atom is -0.383 e. The maximum Gasteiger partial charge on any atom is 0.161 e. The molecule has 0 bridgehead atoms. The molecule has 0 atom stereocenters. The molecule has 1 aliphatic rings. The molecule has 19 heavy (non-hydrogen) atoms. The zero-order chi connectivity index (χ0) is 13.4. The Bertz CT molecular complexity index is 634. The third kappa shape index (κ3) is 2.19. The minimum atomic E-state index is 0.602. The van der Waals surface area contributed by atoms with Crippen LogP contribution in [0, 0.1) is 13.8 Å². The van der Waals surface area contributed by atoms with E-state index in [-0.39, 0.29) is 0 Å². The van der Waals surface area contributed by atoms with Crippen LogP contribution in [0.5, 0.6) is 0 Å². The van der Waals surface area contributed by atoms with Crippen molar-refractivity contribution in [2.24, 2.45) is 0 Å². The van der Waals surface area contributed by atoms with Gasteiger partial charge in [0.15, 0.2) is 5.82 Å². The van der Waals surface area contributed by atoms with Crippen LogP contribution in [0.15, 0.2) is 18.2 Å². The number of hydrogen-bond acceptors (Lipinski definition) is 4. The Morgan fingerprint density at radius 1 is 1.16 bits per heavy atom. The summed E-state index contributed by atoms with van der Waals surface area (Å²) in [5.74, 6) is 1.34. The fourth-order valence-electron chi connectivity index (χ4n) is 2.38. The number of nitrogen functional groups attached to an aromatic ring is 1. The van der Waals surface area contributed by atoms with Crippen molar-refractivity contribution in [1.82, 2.24) is 15.3 Å². The molecule has 3 N–H and O–H groups in total. The van der Waals surface area contributed by atoms with Gasteiger partial charge in [0.1, 0.15) is 5.82 Å². The first-order valence-corrected chi connectivity index (χ1v) is 6.59. The summed E-state index contributed by atoms with van der Waals surface area (Å²) in [5, 5.41) is 3.30. The van der Waals surface area contributed by atoms with Gasteiger partial charge in [-0.15, -0.1) is 0 Å². The minimum absolute atomic E-state index is 0.602. The summed E-state index contributed by atoms with van der Waals surface area (Å²) in [5.41, 5.74) is 11.8. The smallest absolute Gasteiger partial charge is 0.161 e. The van der Waals surface area contributed by atoms with E-state index in [1.54, 1.807) is 0 Å². The van der Waals surface area contributed by atoms with E-state index >= 15 is 0 Å². The Morgan fingerprint density at radius 3 is 2.79 bits per heavy atom. The SMILES string of the molecule is Cc1ccc(-c2nc(N)c3c(n2)CCNC3)cc1C. The molecule has 0 amide bonds. The number of aryl methyl sites for hydroxylation is 2. The number of aromatic nitrogens is 2. The van der Waals surface area contributed by atoms with E-state index in [1.807, 2.05) is 0 Å². The molecule has 0 aliphatic carbocycles. The third-order valence-electron chi connectivity index (χ3n) is 3.73. The second-order valence-corrected chi connectivity index (χ2v) is 5.08. The lowest BCUT2D eigenvalue weighted by Crippen LogP contribution is -2.26. The lowest BCUT2D eigenvalue weighted by molar-refractivity contribution is 0.629. The molecule has 1 aromatic heterocycles. The van der Waals surface area contributed by atoms with Crippen LogP contribution >= 0.6 is 0 Å². The first-order valence-electron chi connectivity index (χ1n) is 6.59. The maximum absolute atomic E-state index is 6.06. The molecule has 0 radical (unpaired) electrons. The average molecular weight is 254 g/mol. The molecule has 4 heteroatoms. The summed E-state index contributed by atoms with van der Waals surface area (Å²) < 4.78 is 0. The standard InChI is InChI=1S/C15H18N4/c1-9-3-4-11(7-10(9)2)15-18-13-5-6-17-8-12(13)14(16)19-15/h3-4,7,17H,5-6,8H2,1-2H3,(H2,16,18,19). The van der Waals surface area contributed by atoms with Gasteiger partial charge in [-0.3, -0.25) is 0 Å². The Kier molecular flexibility index (Phi) is 2.95. The first kappa shape index (κ1) is 12.1. The van der Waals surface area contributed by atoms with Crippen molar-refractivity contribution < 1.29 is 0 Å². The van der Waals surface area contributed by atoms with E-state index < -0.39 is 0 Å². The van der Waals surface area contributed by atoms with Crippen LogP contribution in [0.2, 0.25) is 0 Å². The number of nitrogens with one attached hydrogen (secondary N) is 1. The van der Waals surface area contributed by atoms with Crippen LogP contribution < -0.4 is 11.1 Å². The highest BCUT2D eigenvalue weighted by atomic mass is 15.0. The van der Waals surface area contributed by atoms with Gasteiger partial charge in [0.05, 0.1) is 5.69 Å². The van der Waals surface area contributed by atoms with Crippen LogP contribution in [-0.4, -0.2) is 16.5 Å². The van der Waals surface area contributed by atoms with Gasteiger partial charge in [-0.25, -0.2) is 9.97 Å². The molecular formula is C15H18N4. The Balaban J connectivity index is 2.10. The number of nitrogens with two attached hydrogens (primary N) is 1. The van der Waals surface area contributed by atoms with Crippen molar-refractivity contribution >= 4 is 5.82 Å². The zero-order valence-electron chi connectivity index (χ0n) is 11.3. The van der Waals surface area contributed by atoms with Gasteiger partial charge in [-0.1, -0.05) is 12.1 Å². The highest BCUT2D eigenvalue weighted by Crippen LogP contribution is 2.24. The topological polar surface area (TPSA) is 63.8 Å². The normalized spacial score (nSPS) is 14.2. The Labute approximate surface area is 113 Å². The second kappa shape index (κ2) is 4.63. The van der Waals surface area contributed by atoms with Crippen molar-refractivity contribution in [3.8, 4) is 11.4 Å². The molecule has 0 saturated heterocycles. The van der Waals surface area contributed by atoms with Gasteiger partial charge in [-0.2, -0.15) is 0 Å². The summed E-state index contributed by atoms with van der Waals surface area (Å²) in [6.07, 6.45) is 0.917. The largest absolute Gasteiger partial charge is 0.383 e. The third-order valence-corrected chi connectivity index (χ3v) is 3.73. The first-order chi connectivity index (χ1) is 9.15. The summed E-state index contributed by atoms with van der Waals surface area (Å²) in [6, 6.07) is 6.29. The van der Waals surface area contributed by atoms with E-state index in [9.17, 15) is 0 Å². The van der Waals surface area contributed by atoms with Crippen LogP contribution in [-0.2, 0) is 13.0 Å². The van der Waals surface area contributed by atoms with Crippen LogP contribution in [0.25, 0.3) is 11.4 Å². The second-order valence-electron chi connectivity index (χ2n) is 5.08. The number of rotatable bonds is 1. The molecule has 3 rings (SSSR count). The monoisotopic (exact) mass is 254 g/mol. The Hall–Kier alpha value is -1.94. The molecule has 0 saturated carbocycles. The summed E-state index contributed by atoms with van der Waals surface area (Å²) in [7, 11) is 0. The molecule has 4 nitrogen and oxygen atoms in total. The van der Waals surface area contributed by atoms with Gasteiger partial charge < -0.3 is 11.1 Å². The molecule has 1 aromatic carbocycles. The highest BCUT2D eigenvalue weighted by Gasteiger charge is 2.16. The number of anilines is 1. The van der Waals surface area contributed by atoms with E-state index in [0.717, 1.165) is 42.2 Å². The lowest BCUT2D eigenvalue weighted by atomic mass is 10.0. The lowest BCUT2D eigenvalue weighted by Gasteiger charge is -2.18. The molecule has 0 spiro atoms. The average Bonchev–Trinajstić information content (AvgIpc) is 2.42. The van der Waals surface area contributed by atoms with Gasteiger partial charge in [0, 0.05) is 30.6 Å². The fourth-order valence-corrected chi connectivity index (χ4v) is 2.38.